The van der Waals surface area contributed by atoms with Crippen LogP contribution in [0.5, 0.6) is 0 Å². The van der Waals surface area contributed by atoms with Gasteiger partial charge < -0.3 is 15.1 Å². The van der Waals surface area contributed by atoms with E-state index in [4.69, 9.17) is 0 Å². The first-order valence-corrected chi connectivity index (χ1v) is 7.42. The first-order valence-electron chi connectivity index (χ1n) is 7.42. The average molecular weight is 255 g/mol. The van der Waals surface area contributed by atoms with Crippen LogP contribution in [0.15, 0.2) is 0 Å². The molecule has 0 aromatic heterocycles. The summed E-state index contributed by atoms with van der Waals surface area (Å²) in [5.41, 5.74) is 0. The van der Waals surface area contributed by atoms with E-state index in [1.807, 2.05) is 11.8 Å². The lowest BCUT2D eigenvalue weighted by atomic mass is 9.96. The Morgan fingerprint density at radius 3 is 2.33 bits per heavy atom. The van der Waals surface area contributed by atoms with E-state index in [0.717, 1.165) is 51.5 Å². The van der Waals surface area contributed by atoms with Crippen LogP contribution >= 0.6 is 0 Å². The van der Waals surface area contributed by atoms with E-state index in [1.165, 1.54) is 6.54 Å². The monoisotopic (exact) mass is 255 g/mol. The van der Waals surface area contributed by atoms with Gasteiger partial charge >= 0.3 is 0 Å². The Balaban J connectivity index is 2.25. The number of amides is 1. The number of likely N-dealkylation sites (tertiary alicyclic amines) is 1. The summed E-state index contributed by atoms with van der Waals surface area (Å²) < 4.78 is 0. The van der Waals surface area contributed by atoms with Crippen molar-refractivity contribution in [1.29, 1.82) is 0 Å². The highest BCUT2D eigenvalue weighted by molar-refractivity contribution is 5.78. The van der Waals surface area contributed by atoms with Crippen LogP contribution < -0.4 is 5.32 Å². The van der Waals surface area contributed by atoms with Crippen molar-refractivity contribution < 1.29 is 4.79 Å². The summed E-state index contributed by atoms with van der Waals surface area (Å²) in [6.07, 6.45) is 2.32. The van der Waals surface area contributed by atoms with Gasteiger partial charge in [0.05, 0.1) is 6.54 Å². The van der Waals surface area contributed by atoms with E-state index < -0.39 is 0 Å². The molecule has 0 bridgehead atoms. The molecule has 0 aliphatic carbocycles. The summed E-state index contributed by atoms with van der Waals surface area (Å²) in [6, 6.07) is 0. The van der Waals surface area contributed by atoms with E-state index >= 15 is 0 Å². The van der Waals surface area contributed by atoms with Crippen LogP contribution in [0.4, 0.5) is 0 Å². The molecule has 1 saturated heterocycles. The molecule has 0 unspecified atom stereocenters. The smallest absolute Gasteiger partial charge is 0.236 e. The lowest BCUT2D eigenvalue weighted by molar-refractivity contribution is -0.131. The fourth-order valence-electron chi connectivity index (χ4n) is 2.56. The molecule has 4 nitrogen and oxygen atoms in total. The highest BCUT2D eigenvalue weighted by Crippen LogP contribution is 2.18. The molecular formula is C14H29N3O. The third-order valence-electron chi connectivity index (χ3n) is 3.90. The van der Waals surface area contributed by atoms with Gasteiger partial charge in [0.15, 0.2) is 0 Å². The van der Waals surface area contributed by atoms with Gasteiger partial charge in [-0.2, -0.15) is 0 Å². The zero-order chi connectivity index (χ0) is 13.4. The van der Waals surface area contributed by atoms with Crippen LogP contribution in [0.1, 0.15) is 33.6 Å². The fourth-order valence-corrected chi connectivity index (χ4v) is 2.56. The second-order valence-electron chi connectivity index (χ2n) is 5.09. The lowest BCUT2D eigenvalue weighted by Gasteiger charge is -2.34. The number of nitrogens with zero attached hydrogens (tertiary/aromatic N) is 2. The second kappa shape index (κ2) is 8.48. The van der Waals surface area contributed by atoms with Crippen LogP contribution in [0.25, 0.3) is 0 Å². The van der Waals surface area contributed by atoms with Crippen molar-refractivity contribution in [3.63, 3.8) is 0 Å². The molecule has 0 spiro atoms. The van der Waals surface area contributed by atoms with Gasteiger partial charge in [-0.3, -0.25) is 4.79 Å². The van der Waals surface area contributed by atoms with Crippen molar-refractivity contribution >= 4 is 5.91 Å². The van der Waals surface area contributed by atoms with Crippen LogP contribution in [0.3, 0.4) is 0 Å². The number of hydrogen-bond donors (Lipinski definition) is 1. The van der Waals surface area contributed by atoms with E-state index in [9.17, 15) is 4.79 Å². The van der Waals surface area contributed by atoms with Gasteiger partial charge in [0, 0.05) is 19.6 Å². The molecule has 1 heterocycles. The Morgan fingerprint density at radius 2 is 1.83 bits per heavy atom. The molecule has 0 radical (unpaired) electrons. The standard InChI is InChI=1S/C14H29N3O/c1-4-15-11-14(18)17-9-7-13(8-10-17)12-16(5-2)6-3/h13,15H,4-12H2,1-3H3. The maximum atomic E-state index is 11.9. The molecule has 0 aromatic carbocycles. The third kappa shape index (κ3) is 4.94. The summed E-state index contributed by atoms with van der Waals surface area (Å²) in [5.74, 6) is 1.03. The molecule has 1 aliphatic rings. The molecule has 0 saturated carbocycles. The number of hydrogen-bond acceptors (Lipinski definition) is 3. The number of carbonyl (C=O) groups is 1. The van der Waals surface area contributed by atoms with Gasteiger partial charge in [-0.05, 0) is 38.4 Å². The predicted octanol–water partition coefficient (Wildman–Crippen LogP) is 1.18. The van der Waals surface area contributed by atoms with Crippen LogP contribution in [-0.4, -0.2) is 61.5 Å². The van der Waals surface area contributed by atoms with Crippen molar-refractivity contribution in [2.75, 3.05) is 45.8 Å². The molecule has 1 fully saturated rings. The van der Waals surface area contributed by atoms with Gasteiger partial charge in [-0.15, -0.1) is 0 Å². The van der Waals surface area contributed by atoms with Gasteiger partial charge in [0.25, 0.3) is 0 Å². The van der Waals surface area contributed by atoms with E-state index in [-0.39, 0.29) is 5.91 Å². The van der Waals surface area contributed by atoms with Crippen molar-refractivity contribution in [3.05, 3.63) is 0 Å². The zero-order valence-electron chi connectivity index (χ0n) is 12.2. The van der Waals surface area contributed by atoms with Gasteiger partial charge in [-0.1, -0.05) is 20.8 Å². The molecule has 1 N–H and O–H groups in total. The maximum Gasteiger partial charge on any atom is 0.236 e. The summed E-state index contributed by atoms with van der Waals surface area (Å²) in [5, 5.41) is 3.11. The Labute approximate surface area is 112 Å². The van der Waals surface area contributed by atoms with Gasteiger partial charge in [0.1, 0.15) is 0 Å². The van der Waals surface area contributed by atoms with E-state index in [0.29, 0.717) is 6.54 Å². The Kier molecular flexibility index (Phi) is 7.28. The van der Waals surface area contributed by atoms with Crippen LogP contribution in [0.2, 0.25) is 0 Å². The van der Waals surface area contributed by atoms with Crippen molar-refractivity contribution in [3.8, 4) is 0 Å². The summed E-state index contributed by atoms with van der Waals surface area (Å²) in [4.78, 5) is 16.4. The van der Waals surface area contributed by atoms with Crippen molar-refractivity contribution in [2.24, 2.45) is 5.92 Å². The molecule has 106 valence electrons. The summed E-state index contributed by atoms with van der Waals surface area (Å²) >= 11 is 0. The molecule has 1 amide bonds. The largest absolute Gasteiger partial charge is 0.342 e. The molecule has 0 aromatic rings. The lowest BCUT2D eigenvalue weighted by Crippen LogP contribution is -2.44. The fraction of sp³-hybridized carbons (Fsp3) is 0.929. The second-order valence-corrected chi connectivity index (χ2v) is 5.09. The minimum atomic E-state index is 0.262. The summed E-state index contributed by atoms with van der Waals surface area (Å²) in [6.45, 7) is 13.2. The van der Waals surface area contributed by atoms with Gasteiger partial charge in [-0.25, -0.2) is 0 Å². The van der Waals surface area contributed by atoms with Crippen LogP contribution in [0, 0.1) is 5.92 Å². The minimum absolute atomic E-state index is 0.262. The highest BCUT2D eigenvalue weighted by atomic mass is 16.2. The molecule has 4 heteroatoms. The number of rotatable bonds is 7. The first-order chi connectivity index (χ1) is 8.71. The number of carbonyl (C=O) groups excluding carboxylic acids is 1. The van der Waals surface area contributed by atoms with Crippen molar-refractivity contribution in [1.82, 2.24) is 15.1 Å². The summed E-state index contributed by atoms with van der Waals surface area (Å²) in [7, 11) is 0. The number of likely N-dealkylation sites (N-methyl/N-ethyl adjacent to an activating group) is 1. The SMILES string of the molecule is CCNCC(=O)N1CCC(CN(CC)CC)CC1. The molecule has 0 atom stereocenters. The minimum Gasteiger partial charge on any atom is -0.342 e. The molecule has 1 rings (SSSR count). The average Bonchev–Trinajstić information content (AvgIpc) is 2.42. The Bertz CT molecular complexity index is 233. The predicted molar refractivity (Wildman–Crippen MR) is 75.6 cm³/mol. The van der Waals surface area contributed by atoms with Crippen LogP contribution in [-0.2, 0) is 4.79 Å². The quantitative estimate of drug-likeness (QED) is 0.742. The van der Waals surface area contributed by atoms with Crippen molar-refractivity contribution in [2.45, 2.75) is 33.6 Å². The first kappa shape index (κ1) is 15.4. The normalized spacial score (nSPS) is 17.4. The zero-order valence-corrected chi connectivity index (χ0v) is 12.2. The Morgan fingerprint density at radius 1 is 1.22 bits per heavy atom. The van der Waals surface area contributed by atoms with Gasteiger partial charge in [0.2, 0.25) is 5.91 Å². The molecular weight excluding hydrogens is 226 g/mol. The van der Waals surface area contributed by atoms with E-state index in [1.54, 1.807) is 0 Å². The highest BCUT2D eigenvalue weighted by Gasteiger charge is 2.23. The number of nitrogens with one attached hydrogen (secondary N) is 1. The third-order valence-corrected chi connectivity index (χ3v) is 3.90. The van der Waals surface area contributed by atoms with E-state index in [2.05, 4.69) is 24.1 Å². The number of piperidine rings is 1. The topological polar surface area (TPSA) is 35.6 Å². The Hall–Kier alpha value is -0.610. The molecule has 18 heavy (non-hydrogen) atoms. The molecule has 1 aliphatic heterocycles. The maximum absolute atomic E-state index is 11.9.